The van der Waals surface area contributed by atoms with Crippen molar-refractivity contribution in [2.45, 2.75) is 71.1 Å². The standard InChI is InChI=1S/C17H15N3O3.C16H12ClN3O3.C16H11F2N3O3.2C16H13N3O3.C14H15N3O3/c1-11(12-5-3-2-4-6-12)14-10-16(21)20(19-14)15-9-13(17(22)23)7-8-18-15;17-13-4-2-1-3-10(13)7-12-9-15(21)20(19-12)14-8-11(16(22)23)5-6-18-14;17-12-2-1-3-13(18)11(12)7-10-8-15(22)21(20-10)14-6-9(16(23)24)4-5-19-14;1-10-2-4-11(5-3-10)13-9-15(20)19(18-13)14-8-12(16(21)22)6-7-17-14;1-10-3-2-4-11(7-10)13-9-15(20)19(18-13)14-8-12(16(21)22)5-6-17-14;18-13-8-11(9-3-1-2-4-9)16-17(13)12-7-10(14(19)20)5-6-15-12/h2-11,19H,1H3,(H,22,23);1-6,8-9,19H,7H2,(H,22,23);1-6,8,20H,7H2,(H,23,24);2*2-9,18H,1H3,(H,21,22);5-9,16H,1-4H2,(H,19,20). The Hall–Kier alpha value is -18.0. The molecule has 0 bridgehead atoms. The Balaban J connectivity index is 0.000000136. The van der Waals surface area contributed by atoms with Gasteiger partial charge in [-0.25, -0.2) is 95.5 Å². The third kappa shape index (κ3) is 23.3. The molecule has 134 heavy (non-hydrogen) atoms. The van der Waals surface area contributed by atoms with Crippen molar-refractivity contribution in [2.24, 2.45) is 0 Å². The molecule has 1 saturated carbocycles. The molecular formula is C95H79ClF2N18O18. The average Bonchev–Trinajstić information content (AvgIpc) is 1.69. The first kappa shape index (κ1) is 93.7. The van der Waals surface area contributed by atoms with Crippen LogP contribution in [0.4, 0.5) is 8.78 Å². The van der Waals surface area contributed by atoms with Crippen LogP contribution in [0.15, 0.2) is 296 Å². The van der Waals surface area contributed by atoms with Crippen molar-refractivity contribution >= 4 is 47.4 Å². The normalized spacial score (nSPS) is 11.6. The van der Waals surface area contributed by atoms with E-state index in [0.29, 0.717) is 40.3 Å². The van der Waals surface area contributed by atoms with Gasteiger partial charge < -0.3 is 30.6 Å². The molecule has 5 aromatic carbocycles. The fraction of sp³-hybridized carbons (Fsp3) is 0.116. The molecule has 12 N–H and O–H groups in total. The second kappa shape index (κ2) is 42.3. The minimum atomic E-state index is -1.16. The highest BCUT2D eigenvalue weighted by molar-refractivity contribution is 6.31. The van der Waals surface area contributed by atoms with Gasteiger partial charge in [-0.1, -0.05) is 140 Å². The summed E-state index contributed by atoms with van der Waals surface area (Å²) in [6.45, 7) is 5.95. The molecule has 1 fully saturated rings. The highest BCUT2D eigenvalue weighted by atomic mass is 35.5. The lowest BCUT2D eigenvalue weighted by Crippen LogP contribution is -2.15. The van der Waals surface area contributed by atoms with E-state index in [9.17, 15) is 66.3 Å². The number of benzene rings is 5. The number of pyridine rings is 6. The summed E-state index contributed by atoms with van der Waals surface area (Å²) in [7, 11) is 0. The zero-order valence-electron chi connectivity index (χ0n) is 70.9. The number of carbonyl (C=O) groups is 6. The third-order valence-electron chi connectivity index (χ3n) is 20.8. The highest BCUT2D eigenvalue weighted by Crippen LogP contribution is 2.33. The lowest BCUT2D eigenvalue weighted by Gasteiger charge is -2.09. The number of hydrogen-bond donors (Lipinski definition) is 12. The summed E-state index contributed by atoms with van der Waals surface area (Å²) >= 11 is 6.12. The quantitative estimate of drug-likeness (QED) is 0.0318. The first-order valence-corrected chi connectivity index (χ1v) is 41.1. The van der Waals surface area contributed by atoms with Crippen LogP contribution in [0.5, 0.6) is 0 Å². The number of hydrogen-bond acceptors (Lipinski definition) is 18. The van der Waals surface area contributed by atoms with Gasteiger partial charge in [0.05, 0.1) is 44.8 Å². The zero-order valence-corrected chi connectivity index (χ0v) is 71.6. The van der Waals surface area contributed by atoms with Crippen LogP contribution in [-0.2, 0) is 12.8 Å². The summed E-state index contributed by atoms with van der Waals surface area (Å²) in [6, 6.07) is 60.9. The predicted molar refractivity (Wildman–Crippen MR) is 486 cm³/mol. The molecule has 0 aliphatic heterocycles. The van der Waals surface area contributed by atoms with Gasteiger partial charge in [-0.2, -0.15) is 0 Å². The van der Waals surface area contributed by atoms with Gasteiger partial charge in [-0.15, -0.1) is 0 Å². The first-order valence-electron chi connectivity index (χ1n) is 40.7. The van der Waals surface area contributed by atoms with Crippen molar-refractivity contribution in [2.75, 3.05) is 0 Å². The molecule has 36 nitrogen and oxygen atoms in total. The van der Waals surface area contributed by atoms with Crippen molar-refractivity contribution in [1.29, 1.82) is 0 Å². The van der Waals surface area contributed by atoms with E-state index in [1.807, 2.05) is 118 Å². The van der Waals surface area contributed by atoms with Gasteiger partial charge in [-0.05, 0) is 146 Å². The topological polar surface area (TPSA) is 528 Å². The van der Waals surface area contributed by atoms with Gasteiger partial charge >= 0.3 is 35.8 Å². The molecule has 17 aromatic rings. The predicted octanol–water partition coefficient (Wildman–Crippen LogP) is 13.4. The largest absolute Gasteiger partial charge is 0.478 e. The molecule has 12 heterocycles. The molecule has 1 unspecified atom stereocenters. The molecule has 0 saturated heterocycles. The fourth-order valence-corrected chi connectivity index (χ4v) is 14.1. The van der Waals surface area contributed by atoms with Gasteiger partial charge in [-0.3, -0.25) is 59.4 Å². The van der Waals surface area contributed by atoms with Gasteiger partial charge in [0.2, 0.25) is 0 Å². The molecule has 39 heteroatoms. The number of aromatic carboxylic acids is 6. The van der Waals surface area contributed by atoms with Gasteiger partial charge in [0.25, 0.3) is 33.4 Å². The number of aryl methyl sites for hydroxylation is 2. The monoisotopic (exact) mass is 1830 g/mol. The molecule has 1 aliphatic rings. The fourth-order valence-electron chi connectivity index (χ4n) is 13.9. The summed E-state index contributed by atoms with van der Waals surface area (Å²) in [5, 5.41) is 72.2. The second-order valence-electron chi connectivity index (χ2n) is 30.1. The molecular weight excluding hydrogens is 1750 g/mol. The molecule has 18 rings (SSSR count). The SMILES string of the molecule is CC(c1ccccc1)c1cc(=O)n(-c2cc(C(=O)O)ccn2)[nH]1.Cc1ccc(-c2cc(=O)n(-c3cc(C(=O)O)ccn3)[nH]2)cc1.Cc1cccc(-c2cc(=O)n(-c3cc(C(=O)O)ccn3)[nH]2)c1.O=C(O)c1ccnc(-n2[nH]c(C3CCCC3)cc2=O)c1.O=C(O)c1ccnc(-n2[nH]c(Cc3c(F)cccc3F)cc2=O)c1.O=C(O)c1ccnc(-n2[nH]c(Cc3ccccc3Cl)cc2=O)c1. The molecule has 0 spiro atoms. The van der Waals surface area contributed by atoms with Crippen LogP contribution in [0.3, 0.4) is 0 Å². The summed E-state index contributed by atoms with van der Waals surface area (Å²) in [5.41, 5.74) is 8.06. The molecule has 678 valence electrons. The van der Waals surface area contributed by atoms with E-state index in [-0.39, 0.29) is 114 Å². The molecule has 1 aliphatic carbocycles. The van der Waals surface area contributed by atoms with Crippen molar-refractivity contribution in [3.63, 3.8) is 0 Å². The number of rotatable bonds is 21. The molecule has 0 amide bonds. The maximum Gasteiger partial charge on any atom is 0.335 e. The number of aromatic nitrogens is 18. The summed E-state index contributed by atoms with van der Waals surface area (Å²) in [5.74, 6) is -6.17. The minimum Gasteiger partial charge on any atom is -0.478 e. The van der Waals surface area contributed by atoms with Crippen LogP contribution in [0.1, 0.15) is 157 Å². The van der Waals surface area contributed by atoms with Gasteiger partial charge in [0.15, 0.2) is 34.9 Å². The van der Waals surface area contributed by atoms with Crippen LogP contribution in [-0.4, -0.2) is 155 Å². The number of nitrogens with zero attached hydrogens (tertiary/aromatic N) is 12. The summed E-state index contributed by atoms with van der Waals surface area (Å²) in [6.07, 6.45) is 12.9. The van der Waals surface area contributed by atoms with Crippen molar-refractivity contribution in [1.82, 2.24) is 88.6 Å². The third-order valence-corrected chi connectivity index (χ3v) is 21.2. The van der Waals surface area contributed by atoms with Crippen molar-refractivity contribution in [3.05, 3.63) is 430 Å². The van der Waals surface area contributed by atoms with Crippen LogP contribution >= 0.6 is 11.6 Å². The smallest absolute Gasteiger partial charge is 0.335 e. The average molecular weight is 1830 g/mol. The van der Waals surface area contributed by atoms with Gasteiger partial charge in [0, 0.05) is 132 Å². The molecule has 1 atom stereocenters. The number of aromatic amines is 6. The molecule has 0 radical (unpaired) electrons. The van der Waals surface area contributed by atoms with Gasteiger partial charge in [0.1, 0.15) is 11.6 Å². The second-order valence-corrected chi connectivity index (χ2v) is 30.5. The van der Waals surface area contributed by atoms with Crippen molar-refractivity contribution in [3.8, 4) is 57.4 Å². The van der Waals surface area contributed by atoms with E-state index in [1.165, 1.54) is 183 Å². The Morgan fingerprint density at radius 1 is 0.366 bits per heavy atom. The van der Waals surface area contributed by atoms with E-state index in [1.54, 1.807) is 12.1 Å². The zero-order chi connectivity index (χ0) is 95.6. The lowest BCUT2D eigenvalue weighted by atomic mass is 9.98. The van der Waals surface area contributed by atoms with Crippen molar-refractivity contribution < 1.29 is 68.2 Å². The van der Waals surface area contributed by atoms with E-state index >= 15 is 0 Å². The minimum absolute atomic E-state index is 0.00723. The highest BCUT2D eigenvalue weighted by Gasteiger charge is 2.23. The van der Waals surface area contributed by atoms with Crippen LogP contribution < -0.4 is 33.4 Å². The summed E-state index contributed by atoms with van der Waals surface area (Å²) < 4.78 is 34.6. The Morgan fingerprint density at radius 2 is 0.724 bits per heavy atom. The van der Waals surface area contributed by atoms with E-state index in [0.717, 1.165) is 74.4 Å². The van der Waals surface area contributed by atoms with E-state index in [4.69, 9.17) is 42.2 Å². The lowest BCUT2D eigenvalue weighted by molar-refractivity contribution is 0.0686. The van der Waals surface area contributed by atoms with Crippen LogP contribution in [0.2, 0.25) is 5.02 Å². The summed E-state index contributed by atoms with van der Waals surface area (Å²) in [4.78, 5) is 163. The van der Waals surface area contributed by atoms with E-state index in [2.05, 4.69) is 60.5 Å². The van der Waals surface area contributed by atoms with Crippen LogP contribution in [0, 0.1) is 25.5 Å². The first-order chi connectivity index (χ1) is 64.3. The van der Waals surface area contributed by atoms with Crippen LogP contribution in [0.25, 0.3) is 57.4 Å². The number of carboxylic acids is 6. The Bertz CT molecular complexity index is 7580. The Kier molecular flexibility index (Phi) is 29.6. The maximum absolute atomic E-state index is 13.7. The number of nitrogens with one attached hydrogen (secondary N) is 6. The Morgan fingerprint density at radius 3 is 1.14 bits per heavy atom. The molecule has 12 aromatic heterocycles. The number of halogens is 3. The Labute approximate surface area is 759 Å². The number of carboxylic acid groups (broad SMARTS) is 6. The maximum atomic E-state index is 13.7. The van der Waals surface area contributed by atoms with E-state index < -0.39 is 53.0 Å². The number of H-pyrrole nitrogens is 6.